The van der Waals surface area contributed by atoms with Crippen molar-refractivity contribution in [3.63, 3.8) is 0 Å². The number of alkyl halides is 1. The second kappa shape index (κ2) is 47.6. The Kier molecular flexibility index (Phi) is 34.2. The highest BCUT2D eigenvalue weighted by atomic mass is 19.1. The molecule has 1 N–H and O–H groups in total. The predicted octanol–water partition coefficient (Wildman–Crippen LogP) is 16.3. The molecule has 0 spiro atoms. The Morgan fingerprint density at radius 1 is 0.248 bits per heavy atom. The zero-order chi connectivity index (χ0) is 85.4. The van der Waals surface area contributed by atoms with Gasteiger partial charge < -0.3 is 95.1 Å². The van der Waals surface area contributed by atoms with E-state index in [0.717, 1.165) is 61.2 Å². The second-order valence-electron chi connectivity index (χ2n) is 31.3. The summed E-state index contributed by atoms with van der Waals surface area (Å²) in [7, 11) is 0. The molecule has 4 fully saturated rings. The number of rotatable bonds is 44. The van der Waals surface area contributed by atoms with Gasteiger partial charge in [-0.05, 0) is 61.2 Å². The highest BCUT2D eigenvalue weighted by Gasteiger charge is 2.59. The van der Waals surface area contributed by atoms with Crippen LogP contribution in [0.1, 0.15) is 68.1 Å². The summed E-state index contributed by atoms with van der Waals surface area (Å²) in [6.07, 6.45) is -26.7. The highest BCUT2D eigenvalue weighted by Crippen LogP contribution is 2.42. The van der Waals surface area contributed by atoms with Gasteiger partial charge in [0.2, 0.25) is 0 Å². The summed E-state index contributed by atoms with van der Waals surface area (Å²) < 4.78 is 154. The molecule has 15 rings (SSSR count). The Bertz CT molecular complexity index is 4830. The van der Waals surface area contributed by atoms with Crippen LogP contribution in [-0.2, 0) is 167 Å². The zero-order valence-corrected chi connectivity index (χ0v) is 69.9. The monoisotopic (exact) mass is 1700 g/mol. The number of ether oxygens (including phenoxy) is 19. The van der Waals surface area contributed by atoms with E-state index in [9.17, 15) is 9.90 Å². The van der Waals surface area contributed by atoms with Gasteiger partial charge in [0, 0.05) is 6.92 Å². The first-order chi connectivity index (χ1) is 61.6. The average Bonchev–Trinajstić information content (AvgIpc) is 0.757. The van der Waals surface area contributed by atoms with Gasteiger partial charge in [-0.25, -0.2) is 4.39 Å². The van der Waals surface area contributed by atoms with Crippen LogP contribution in [0.5, 0.6) is 0 Å². The van der Waals surface area contributed by atoms with Crippen molar-refractivity contribution in [3.8, 4) is 0 Å². The molecule has 20 atom stereocenters. The van der Waals surface area contributed by atoms with E-state index in [2.05, 4.69) is 0 Å². The van der Waals surface area contributed by atoms with E-state index in [1.807, 2.05) is 334 Å². The Labute approximate surface area is 730 Å². The lowest BCUT2D eigenvalue weighted by atomic mass is 9.94. The molecule has 125 heavy (non-hydrogen) atoms. The van der Waals surface area contributed by atoms with Crippen molar-refractivity contribution in [2.75, 3.05) is 26.4 Å². The van der Waals surface area contributed by atoms with E-state index in [4.69, 9.17) is 90.0 Å². The maximum absolute atomic E-state index is 18.3. The number of aliphatic hydroxyl groups excluding tert-OH is 1. The van der Waals surface area contributed by atoms with Gasteiger partial charge in [0.1, 0.15) is 98.2 Å². The Morgan fingerprint density at radius 2 is 0.448 bits per heavy atom. The van der Waals surface area contributed by atoms with Crippen LogP contribution in [0.3, 0.4) is 0 Å². The first kappa shape index (κ1) is 89.9. The number of carbonyl (C=O) groups is 1. The van der Waals surface area contributed by atoms with Gasteiger partial charge >= 0.3 is 5.97 Å². The van der Waals surface area contributed by atoms with E-state index in [1.165, 1.54) is 6.92 Å². The molecule has 11 aromatic rings. The molecule has 4 heterocycles. The normalized spacial score (nSPS) is 26.2. The molecule has 0 aliphatic carbocycles. The van der Waals surface area contributed by atoms with Gasteiger partial charge in [-0.2, -0.15) is 0 Å². The molecular formula is C103H109FO21. The fraction of sp³-hybridized carbons (Fsp3) is 0.350. The van der Waals surface area contributed by atoms with E-state index in [1.54, 1.807) is 0 Å². The minimum absolute atomic E-state index is 0.00963. The van der Waals surface area contributed by atoms with Crippen molar-refractivity contribution in [2.24, 2.45) is 0 Å². The lowest BCUT2D eigenvalue weighted by molar-refractivity contribution is -0.401. The van der Waals surface area contributed by atoms with Crippen LogP contribution in [0.15, 0.2) is 334 Å². The van der Waals surface area contributed by atoms with Gasteiger partial charge in [-0.15, -0.1) is 0 Å². The maximum atomic E-state index is 18.3. The van der Waals surface area contributed by atoms with E-state index >= 15 is 4.39 Å². The summed E-state index contributed by atoms with van der Waals surface area (Å²) in [5.41, 5.74) is 9.02. The Balaban J connectivity index is 0.857. The minimum atomic E-state index is -1.85. The summed E-state index contributed by atoms with van der Waals surface area (Å²) in [5, 5.41) is 12.5. The van der Waals surface area contributed by atoms with Crippen LogP contribution >= 0.6 is 0 Å². The molecule has 0 bridgehead atoms. The Hall–Kier alpha value is -9.94. The number of carbonyl (C=O) groups excluding carboxylic acids is 1. The molecule has 0 unspecified atom stereocenters. The molecule has 654 valence electrons. The van der Waals surface area contributed by atoms with Crippen LogP contribution < -0.4 is 0 Å². The van der Waals surface area contributed by atoms with Gasteiger partial charge in [0.25, 0.3) is 0 Å². The van der Waals surface area contributed by atoms with Gasteiger partial charge in [-0.1, -0.05) is 334 Å². The van der Waals surface area contributed by atoms with E-state index in [-0.39, 0.29) is 92.5 Å². The molecule has 0 radical (unpaired) electrons. The molecule has 22 heteroatoms. The van der Waals surface area contributed by atoms with Crippen molar-refractivity contribution >= 4 is 5.97 Å². The summed E-state index contributed by atoms with van der Waals surface area (Å²) in [5.74, 6) is -0.642. The van der Waals surface area contributed by atoms with Crippen molar-refractivity contribution in [1.29, 1.82) is 0 Å². The lowest BCUT2D eigenvalue weighted by Gasteiger charge is -2.52. The highest BCUT2D eigenvalue weighted by molar-refractivity contribution is 5.65. The minimum Gasteiger partial charge on any atom is -0.463 e. The number of aliphatic hydroxyl groups is 1. The second-order valence-corrected chi connectivity index (χ2v) is 31.3. The molecule has 11 aromatic carbocycles. The summed E-state index contributed by atoms with van der Waals surface area (Å²) in [4.78, 5) is 13.7. The molecule has 0 aromatic heterocycles. The number of hydrogen-bond acceptors (Lipinski definition) is 21. The van der Waals surface area contributed by atoms with E-state index in [0.29, 0.717) is 0 Å². The SMILES string of the molecule is CC(=O)OC[C@H]1O[C@@H](O[C@@H]2[C@H](OCc3ccccc3)[C@@H](OCc3ccccc3)[C@H](O[C@@H]3[C@H](OCc4ccccc4)[C@@H](OCc4ccccc4)[C@H](O)O[C@@H]3COCc3ccccc3)O[C@@H]2COCc2ccccc2)[C@H](OCc2ccccc2)[C@@H](OCc2ccccc2)[C@H]1O[C@@H]1O[C@H](COCc2ccccc2)[C@H](F)[C@H](OCc2ccccc2)[C@H]1OCc1ccccc1. The van der Waals surface area contributed by atoms with Crippen molar-refractivity contribution in [1.82, 2.24) is 0 Å². The molecule has 4 saturated heterocycles. The summed E-state index contributed by atoms with van der Waals surface area (Å²) in [6, 6.07) is 106. The van der Waals surface area contributed by atoms with Crippen LogP contribution in [0.2, 0.25) is 0 Å². The van der Waals surface area contributed by atoms with E-state index < -0.39 is 135 Å². The molecule has 4 aliphatic rings. The first-order valence-corrected chi connectivity index (χ1v) is 42.8. The van der Waals surface area contributed by atoms with Crippen molar-refractivity contribution in [2.45, 2.75) is 202 Å². The maximum Gasteiger partial charge on any atom is 0.302 e. The topological polar surface area (TPSA) is 213 Å². The Morgan fingerprint density at radius 3 is 0.720 bits per heavy atom. The smallest absolute Gasteiger partial charge is 0.302 e. The van der Waals surface area contributed by atoms with Crippen molar-refractivity contribution < 1.29 is 104 Å². The third kappa shape index (κ3) is 26.4. The first-order valence-electron chi connectivity index (χ1n) is 42.8. The van der Waals surface area contributed by atoms with Gasteiger partial charge in [-0.3, -0.25) is 4.79 Å². The largest absolute Gasteiger partial charge is 0.463 e. The standard InChI is InChI=1S/C103H109FO21/c1-72(105)110-71-87-91(125-101-97(116-65-81-51-29-10-30-52-81)92(111-60-76-41-19-5-20-42-76)88(104)84(120-101)68-107-57-73-35-13-2-14-36-73)95(114-63-79-47-25-8-26-48-79)99(118-67-83-55-33-12-34-56-83)103(122-87)124-90-86(70-109-59-75-39-17-4-18-40-75)121-102(98(117-66-82-53-31-11-32-54-82)94(90)113-62-78-45-23-7-24-46-78)123-89-85(69-108-58-74-37-15-3-16-38-74)119-100(106)96(115-64-80-49-27-9-28-50-80)93(89)112-61-77-43-21-6-22-44-77/h2-56,84-103,106H,57-71H2,1H3/t84-,85-,86-,87-,88+,89+,90+,91+,92+,93+,94+,95+,96-,97-,98-,99-,100-,101+,102+,103+/m1/s1. The quantitative estimate of drug-likeness (QED) is 0.0352. The third-order valence-electron chi connectivity index (χ3n) is 22.1. The summed E-state index contributed by atoms with van der Waals surface area (Å²) in [6.45, 7) is 0.758. The third-order valence-corrected chi connectivity index (χ3v) is 22.1. The van der Waals surface area contributed by atoms with Crippen molar-refractivity contribution in [3.05, 3.63) is 395 Å². The summed E-state index contributed by atoms with van der Waals surface area (Å²) >= 11 is 0. The fourth-order valence-corrected chi connectivity index (χ4v) is 15.7. The van der Waals surface area contributed by atoms with Crippen LogP contribution in [0.4, 0.5) is 4.39 Å². The number of hydrogen-bond donors (Lipinski definition) is 1. The van der Waals surface area contributed by atoms with Crippen LogP contribution in [-0.4, -0.2) is 160 Å². The average molecular weight is 1700 g/mol. The zero-order valence-electron chi connectivity index (χ0n) is 69.9. The molecular weight excluding hydrogens is 1590 g/mol. The molecule has 4 aliphatic heterocycles. The van der Waals surface area contributed by atoms with Gasteiger partial charge in [0.15, 0.2) is 31.3 Å². The lowest BCUT2D eigenvalue weighted by Crippen LogP contribution is -2.69. The molecule has 0 amide bonds. The molecule has 21 nitrogen and oxygen atoms in total. The van der Waals surface area contributed by atoms with Gasteiger partial charge in [0.05, 0.1) is 92.5 Å². The van der Waals surface area contributed by atoms with Crippen LogP contribution in [0.25, 0.3) is 0 Å². The fourth-order valence-electron chi connectivity index (χ4n) is 15.7. The number of halogens is 1. The number of benzene rings is 11. The number of esters is 1. The predicted molar refractivity (Wildman–Crippen MR) is 461 cm³/mol. The molecule has 0 saturated carbocycles. The van der Waals surface area contributed by atoms with Crippen LogP contribution in [0, 0.1) is 0 Å².